The topological polar surface area (TPSA) is 72.8 Å². The molecule has 0 aliphatic heterocycles. The third-order valence-corrected chi connectivity index (χ3v) is 5.14. The summed E-state index contributed by atoms with van der Waals surface area (Å²) in [5.41, 5.74) is 1.42. The quantitative estimate of drug-likeness (QED) is 0.423. The zero-order chi connectivity index (χ0) is 22.6. The van der Waals surface area contributed by atoms with E-state index in [-0.39, 0.29) is 39.5 Å². The Hall–Kier alpha value is -2.52. The van der Waals surface area contributed by atoms with E-state index in [1.165, 1.54) is 25.3 Å². The maximum Gasteiger partial charge on any atom is 0.422 e. The molecule has 1 saturated carbocycles. The predicted octanol–water partition coefficient (Wildman–Crippen LogP) is 5.14. The van der Waals surface area contributed by atoms with Crippen molar-refractivity contribution in [1.82, 2.24) is 10.3 Å². The molecule has 1 aliphatic carbocycles. The molecule has 1 aromatic heterocycles. The normalized spacial score (nSPS) is 14.3. The van der Waals surface area contributed by atoms with Crippen LogP contribution < -0.4 is 10.1 Å². The lowest BCUT2D eigenvalue weighted by Gasteiger charge is -2.14. The third-order valence-electron chi connectivity index (χ3n) is 4.40. The smallest absolute Gasteiger partial charge is 0.422 e. The first-order valence-corrected chi connectivity index (χ1v) is 9.96. The van der Waals surface area contributed by atoms with Crippen LogP contribution in [0.4, 0.5) is 13.2 Å². The molecule has 0 spiro atoms. The van der Waals surface area contributed by atoms with E-state index in [0.29, 0.717) is 5.56 Å². The van der Waals surface area contributed by atoms with Crippen molar-refractivity contribution in [3.8, 4) is 17.0 Å². The Bertz CT molecular complexity index is 995. The molecule has 1 N–H and O–H groups in total. The largest absolute Gasteiger partial charge is 0.468 e. The fraction of sp³-hybridized carbons (Fsp3) is 0.350. The molecule has 2 aromatic rings. The maximum atomic E-state index is 12.6. The van der Waals surface area contributed by atoms with E-state index >= 15 is 0 Å². The molecule has 0 unspecified atom stereocenters. The van der Waals surface area contributed by atoms with E-state index in [9.17, 15) is 18.0 Å². The van der Waals surface area contributed by atoms with Crippen LogP contribution in [0.5, 0.6) is 5.88 Å². The molecule has 6 nitrogen and oxygen atoms in total. The van der Waals surface area contributed by atoms with Gasteiger partial charge >= 0.3 is 6.18 Å². The summed E-state index contributed by atoms with van der Waals surface area (Å²) in [6, 6.07) is 5.88. The Balaban J connectivity index is 1.86. The van der Waals surface area contributed by atoms with Gasteiger partial charge in [-0.3, -0.25) is 4.79 Å². The number of hydrogen-bond acceptors (Lipinski definition) is 5. The number of nitrogens with zero attached hydrogens (tertiary/aromatic N) is 2. The molecule has 0 atom stereocenters. The third kappa shape index (κ3) is 6.48. The van der Waals surface area contributed by atoms with Gasteiger partial charge in [0.05, 0.1) is 27.9 Å². The highest BCUT2D eigenvalue weighted by atomic mass is 35.5. The van der Waals surface area contributed by atoms with Crippen LogP contribution in [0.1, 0.15) is 23.2 Å². The van der Waals surface area contributed by atoms with Gasteiger partial charge in [0.2, 0.25) is 5.88 Å². The lowest BCUT2D eigenvalue weighted by molar-refractivity contribution is -0.154. The summed E-state index contributed by atoms with van der Waals surface area (Å²) >= 11 is 12.0. The van der Waals surface area contributed by atoms with E-state index in [1.807, 2.05) is 0 Å². The highest BCUT2D eigenvalue weighted by molar-refractivity contribution is 6.42. The Morgan fingerprint density at radius 2 is 2.00 bits per heavy atom. The molecule has 166 valence electrons. The Labute approximate surface area is 186 Å². The number of pyridine rings is 1. The number of oxime groups is 1. The Morgan fingerprint density at radius 3 is 2.61 bits per heavy atom. The number of nitrogens with one attached hydrogen (secondary N) is 1. The summed E-state index contributed by atoms with van der Waals surface area (Å²) in [5, 5.41) is 7.12. The summed E-state index contributed by atoms with van der Waals surface area (Å²) in [7, 11) is 1.43. The highest BCUT2D eigenvalue weighted by Crippen LogP contribution is 2.34. The number of ether oxygens (including phenoxy) is 1. The van der Waals surface area contributed by atoms with Crippen molar-refractivity contribution in [3.63, 3.8) is 0 Å². The minimum absolute atomic E-state index is 0.132. The Kier molecular flexibility index (Phi) is 7.27. The monoisotopic (exact) mass is 475 g/mol. The number of amides is 1. The van der Waals surface area contributed by atoms with Gasteiger partial charge in [-0.15, -0.1) is 0 Å². The van der Waals surface area contributed by atoms with Gasteiger partial charge in [-0.1, -0.05) is 34.4 Å². The second-order valence-electron chi connectivity index (χ2n) is 6.83. The van der Waals surface area contributed by atoms with Gasteiger partial charge in [-0.2, -0.15) is 13.2 Å². The minimum Gasteiger partial charge on any atom is -0.468 e. The molecule has 0 bridgehead atoms. The van der Waals surface area contributed by atoms with Crippen LogP contribution in [0.3, 0.4) is 0 Å². The molecule has 1 aliphatic rings. The molecule has 0 saturated heterocycles. The fourth-order valence-electron chi connectivity index (χ4n) is 2.77. The minimum atomic E-state index is -4.55. The van der Waals surface area contributed by atoms with Gasteiger partial charge in [0.1, 0.15) is 7.11 Å². The predicted molar refractivity (Wildman–Crippen MR) is 111 cm³/mol. The number of rotatable bonds is 8. The van der Waals surface area contributed by atoms with Crippen molar-refractivity contribution in [2.75, 3.05) is 20.3 Å². The van der Waals surface area contributed by atoms with Gasteiger partial charge in [0.15, 0.2) is 6.61 Å². The number of benzene rings is 1. The number of hydrogen-bond donors (Lipinski definition) is 1. The molecule has 1 amide bonds. The number of aromatic nitrogens is 1. The van der Waals surface area contributed by atoms with Gasteiger partial charge in [0.25, 0.3) is 5.91 Å². The molecule has 1 aromatic carbocycles. The standard InChI is InChI=1S/C20H18Cl2F3N3O3/c1-30-28-17(11-2-3-11)9-26-18(29)13-6-14(12-4-5-15(21)16(22)7-12)19(27-8-13)31-10-20(23,24)25/h4-8,11H,2-3,9-10H2,1H3,(H,26,29). The fourth-order valence-corrected chi connectivity index (χ4v) is 3.07. The number of carbonyl (C=O) groups excluding carboxylic acids is 1. The van der Waals surface area contributed by atoms with Gasteiger partial charge < -0.3 is 14.9 Å². The van der Waals surface area contributed by atoms with E-state index in [1.54, 1.807) is 6.07 Å². The summed E-state index contributed by atoms with van der Waals surface area (Å²) in [6.45, 7) is -1.34. The molecule has 11 heteroatoms. The van der Waals surface area contributed by atoms with Crippen LogP contribution in [0.25, 0.3) is 11.1 Å². The summed E-state index contributed by atoms with van der Waals surface area (Å²) in [5.74, 6) is -0.476. The summed E-state index contributed by atoms with van der Waals surface area (Å²) < 4.78 is 42.7. The van der Waals surface area contributed by atoms with Crippen molar-refractivity contribution >= 4 is 34.8 Å². The molecule has 0 radical (unpaired) electrons. The van der Waals surface area contributed by atoms with Crippen LogP contribution in [0, 0.1) is 5.92 Å². The van der Waals surface area contributed by atoms with Gasteiger partial charge in [-0.05, 0) is 36.6 Å². The first kappa shape index (κ1) is 23.1. The molecular formula is C20H18Cl2F3N3O3. The average Bonchev–Trinajstić information content (AvgIpc) is 3.56. The maximum absolute atomic E-state index is 12.6. The number of halogens is 5. The lowest BCUT2D eigenvalue weighted by Crippen LogP contribution is -2.30. The van der Waals surface area contributed by atoms with Crippen molar-refractivity contribution < 1.29 is 27.5 Å². The second kappa shape index (κ2) is 9.74. The van der Waals surface area contributed by atoms with E-state index < -0.39 is 18.7 Å². The highest BCUT2D eigenvalue weighted by Gasteiger charge is 2.30. The van der Waals surface area contributed by atoms with E-state index in [2.05, 4.69) is 15.5 Å². The zero-order valence-electron chi connectivity index (χ0n) is 16.3. The molecule has 31 heavy (non-hydrogen) atoms. The lowest BCUT2D eigenvalue weighted by atomic mass is 10.0. The van der Waals surface area contributed by atoms with Gasteiger partial charge in [0, 0.05) is 17.7 Å². The van der Waals surface area contributed by atoms with Crippen molar-refractivity contribution in [1.29, 1.82) is 0 Å². The summed E-state index contributed by atoms with van der Waals surface area (Å²) in [4.78, 5) is 21.3. The van der Waals surface area contributed by atoms with Crippen LogP contribution in [-0.4, -0.2) is 43.0 Å². The van der Waals surface area contributed by atoms with Crippen LogP contribution in [-0.2, 0) is 4.84 Å². The molecule has 1 heterocycles. The van der Waals surface area contributed by atoms with Crippen molar-refractivity contribution in [2.24, 2.45) is 11.1 Å². The van der Waals surface area contributed by atoms with E-state index in [0.717, 1.165) is 24.8 Å². The molecular weight excluding hydrogens is 458 g/mol. The van der Waals surface area contributed by atoms with Crippen molar-refractivity contribution in [3.05, 3.63) is 46.1 Å². The second-order valence-corrected chi connectivity index (χ2v) is 7.65. The SMILES string of the molecule is CON=C(CNC(=O)c1cnc(OCC(F)(F)F)c(-c2ccc(Cl)c(Cl)c2)c1)C1CC1. The average molecular weight is 476 g/mol. The van der Waals surface area contributed by atoms with Crippen LogP contribution in [0.15, 0.2) is 35.6 Å². The Morgan fingerprint density at radius 1 is 1.26 bits per heavy atom. The summed E-state index contributed by atoms with van der Waals surface area (Å²) in [6.07, 6.45) is -1.45. The molecule has 3 rings (SSSR count). The van der Waals surface area contributed by atoms with Crippen LogP contribution >= 0.6 is 23.2 Å². The van der Waals surface area contributed by atoms with Crippen LogP contribution in [0.2, 0.25) is 10.0 Å². The number of alkyl halides is 3. The zero-order valence-corrected chi connectivity index (χ0v) is 17.8. The van der Waals surface area contributed by atoms with E-state index in [4.69, 9.17) is 32.8 Å². The first-order valence-electron chi connectivity index (χ1n) is 9.21. The first-order chi connectivity index (χ1) is 14.7. The van der Waals surface area contributed by atoms with Gasteiger partial charge in [-0.25, -0.2) is 4.98 Å². The molecule has 1 fully saturated rings. The number of carbonyl (C=O) groups is 1. The van der Waals surface area contributed by atoms with Crippen molar-refractivity contribution in [2.45, 2.75) is 19.0 Å².